The fourth-order valence-electron chi connectivity index (χ4n) is 3.69. The Morgan fingerprint density at radius 1 is 1.23 bits per heavy atom. The maximum absolute atomic E-state index is 12.2. The first-order chi connectivity index (χ1) is 12.7. The number of hydrogen-bond acceptors (Lipinski definition) is 6. The molecule has 1 amide bonds. The van der Waals surface area contributed by atoms with Gasteiger partial charge in [-0.2, -0.15) is 0 Å². The number of carbonyl (C=O) groups is 1. The van der Waals surface area contributed by atoms with E-state index >= 15 is 0 Å². The maximum atomic E-state index is 12.2. The zero-order valence-electron chi connectivity index (χ0n) is 14.9. The summed E-state index contributed by atoms with van der Waals surface area (Å²) in [5.41, 5.74) is 0.353. The third-order valence-electron chi connectivity index (χ3n) is 5.13. The first-order valence-electron chi connectivity index (χ1n) is 9.20. The van der Waals surface area contributed by atoms with Crippen LogP contribution in [0.25, 0.3) is 0 Å². The second-order valence-corrected chi connectivity index (χ2v) is 6.99. The van der Waals surface area contributed by atoms with Crippen molar-refractivity contribution in [2.75, 3.05) is 11.9 Å². The van der Waals surface area contributed by atoms with Crippen LogP contribution in [0.1, 0.15) is 54.5 Å². The van der Waals surface area contributed by atoms with Crippen LogP contribution in [0.3, 0.4) is 0 Å². The summed E-state index contributed by atoms with van der Waals surface area (Å²) in [6, 6.07) is 3.86. The van der Waals surface area contributed by atoms with E-state index in [0.717, 1.165) is 25.1 Å². The lowest BCUT2D eigenvalue weighted by molar-refractivity contribution is 0.0931. The SMILES string of the molecule is Cn1ccnc1[C@H]1OCC[C@@H]1Nc1ccc(C(=O)NC2CCCC2)nn1. The summed E-state index contributed by atoms with van der Waals surface area (Å²) in [5, 5.41) is 14.6. The van der Waals surface area contributed by atoms with Crippen LogP contribution in [0.4, 0.5) is 5.82 Å². The highest BCUT2D eigenvalue weighted by Crippen LogP contribution is 2.29. The van der Waals surface area contributed by atoms with Gasteiger partial charge in [-0.15, -0.1) is 10.2 Å². The van der Waals surface area contributed by atoms with Gasteiger partial charge in [-0.05, 0) is 31.4 Å². The van der Waals surface area contributed by atoms with Crippen LogP contribution in [-0.4, -0.2) is 44.3 Å². The van der Waals surface area contributed by atoms with Gasteiger partial charge in [-0.1, -0.05) is 12.8 Å². The van der Waals surface area contributed by atoms with E-state index in [1.54, 1.807) is 18.3 Å². The normalized spacial score (nSPS) is 23.3. The van der Waals surface area contributed by atoms with Crippen LogP contribution >= 0.6 is 0 Å². The molecule has 2 aromatic rings. The van der Waals surface area contributed by atoms with Gasteiger partial charge in [-0.3, -0.25) is 4.79 Å². The second-order valence-electron chi connectivity index (χ2n) is 6.99. The van der Waals surface area contributed by atoms with Crippen molar-refractivity contribution in [3.05, 3.63) is 36.0 Å². The van der Waals surface area contributed by atoms with Crippen molar-refractivity contribution in [2.24, 2.45) is 7.05 Å². The molecule has 2 atom stereocenters. The van der Waals surface area contributed by atoms with Crippen LogP contribution in [0.15, 0.2) is 24.5 Å². The highest BCUT2D eigenvalue weighted by atomic mass is 16.5. The first-order valence-corrected chi connectivity index (χ1v) is 9.20. The van der Waals surface area contributed by atoms with E-state index in [2.05, 4.69) is 25.8 Å². The summed E-state index contributed by atoms with van der Waals surface area (Å²) >= 11 is 0. The molecule has 2 aliphatic rings. The minimum Gasteiger partial charge on any atom is -0.368 e. The number of imidazole rings is 1. The Kier molecular flexibility index (Phi) is 4.83. The van der Waals surface area contributed by atoms with Gasteiger partial charge in [-0.25, -0.2) is 4.98 Å². The fraction of sp³-hybridized carbons (Fsp3) is 0.556. The number of nitrogens with zero attached hydrogens (tertiary/aromatic N) is 4. The van der Waals surface area contributed by atoms with Gasteiger partial charge in [0.2, 0.25) is 0 Å². The molecule has 8 nitrogen and oxygen atoms in total. The van der Waals surface area contributed by atoms with Crippen LogP contribution in [-0.2, 0) is 11.8 Å². The first kappa shape index (κ1) is 17.0. The van der Waals surface area contributed by atoms with Crippen molar-refractivity contribution in [2.45, 2.75) is 50.3 Å². The molecule has 2 aromatic heterocycles. The molecule has 0 spiro atoms. The molecule has 26 heavy (non-hydrogen) atoms. The molecule has 0 bridgehead atoms. The minimum absolute atomic E-state index is 0.0727. The number of aryl methyl sites for hydroxylation is 1. The molecule has 1 aliphatic heterocycles. The lowest BCUT2D eigenvalue weighted by Gasteiger charge is -2.20. The summed E-state index contributed by atoms with van der Waals surface area (Å²) < 4.78 is 7.81. The van der Waals surface area contributed by atoms with Gasteiger partial charge in [0.25, 0.3) is 5.91 Å². The Morgan fingerprint density at radius 2 is 2.08 bits per heavy atom. The molecule has 1 saturated heterocycles. The number of carbonyl (C=O) groups excluding carboxylic acids is 1. The fourth-order valence-corrected chi connectivity index (χ4v) is 3.69. The molecular formula is C18H24N6O2. The summed E-state index contributed by atoms with van der Waals surface area (Å²) in [6.45, 7) is 0.671. The quantitative estimate of drug-likeness (QED) is 0.849. The molecule has 3 heterocycles. The molecule has 8 heteroatoms. The third-order valence-corrected chi connectivity index (χ3v) is 5.13. The molecule has 4 rings (SSSR count). The Hall–Kier alpha value is -2.48. The number of anilines is 1. The highest BCUT2D eigenvalue weighted by molar-refractivity contribution is 5.92. The van der Waals surface area contributed by atoms with Crippen molar-refractivity contribution in [1.82, 2.24) is 25.1 Å². The lowest BCUT2D eigenvalue weighted by Crippen LogP contribution is -2.33. The van der Waals surface area contributed by atoms with Gasteiger partial charge in [0.05, 0.1) is 6.04 Å². The number of amides is 1. The van der Waals surface area contributed by atoms with E-state index in [-0.39, 0.29) is 24.1 Å². The number of rotatable bonds is 5. The number of nitrogens with one attached hydrogen (secondary N) is 2. The standard InChI is InChI=1S/C18H24N6O2/c1-24-10-9-19-17(24)16-13(8-11-26-16)21-15-7-6-14(22-23-15)18(25)20-12-4-2-3-5-12/h6-7,9-10,12-13,16H,2-5,8,11H2,1H3,(H,20,25)(H,21,23)/t13-,16-/m0/s1. The van der Waals surface area contributed by atoms with Crippen LogP contribution in [0.2, 0.25) is 0 Å². The van der Waals surface area contributed by atoms with E-state index in [1.165, 1.54) is 12.8 Å². The van der Waals surface area contributed by atoms with Crippen LogP contribution < -0.4 is 10.6 Å². The van der Waals surface area contributed by atoms with E-state index in [1.807, 2.05) is 17.8 Å². The van der Waals surface area contributed by atoms with Crippen molar-refractivity contribution in [3.8, 4) is 0 Å². The van der Waals surface area contributed by atoms with Crippen molar-refractivity contribution >= 4 is 11.7 Å². The van der Waals surface area contributed by atoms with Gasteiger partial charge in [0, 0.05) is 32.1 Å². The van der Waals surface area contributed by atoms with Gasteiger partial charge in [0.15, 0.2) is 5.69 Å². The number of ether oxygens (including phenoxy) is 1. The molecule has 138 valence electrons. The summed E-state index contributed by atoms with van der Waals surface area (Å²) in [7, 11) is 1.96. The zero-order valence-corrected chi connectivity index (χ0v) is 14.9. The largest absolute Gasteiger partial charge is 0.368 e. The Morgan fingerprint density at radius 3 is 2.77 bits per heavy atom. The van der Waals surface area contributed by atoms with E-state index in [0.29, 0.717) is 18.1 Å². The Labute approximate surface area is 152 Å². The number of hydrogen-bond donors (Lipinski definition) is 2. The monoisotopic (exact) mass is 356 g/mol. The predicted octanol–water partition coefficient (Wildman–Crippen LogP) is 1.82. The number of aromatic nitrogens is 4. The summed E-state index contributed by atoms with van der Waals surface area (Å²) in [6.07, 6.45) is 8.88. The van der Waals surface area contributed by atoms with E-state index in [9.17, 15) is 4.79 Å². The van der Waals surface area contributed by atoms with Crippen molar-refractivity contribution < 1.29 is 9.53 Å². The zero-order chi connectivity index (χ0) is 17.9. The van der Waals surface area contributed by atoms with Crippen molar-refractivity contribution in [3.63, 3.8) is 0 Å². The average Bonchev–Trinajstić information content (AvgIpc) is 3.38. The Balaban J connectivity index is 1.39. The second kappa shape index (κ2) is 7.41. The Bertz CT molecular complexity index is 753. The molecular weight excluding hydrogens is 332 g/mol. The molecule has 2 N–H and O–H groups in total. The van der Waals surface area contributed by atoms with E-state index in [4.69, 9.17) is 4.74 Å². The molecule has 2 fully saturated rings. The lowest BCUT2D eigenvalue weighted by atomic mass is 10.1. The molecule has 0 radical (unpaired) electrons. The highest BCUT2D eigenvalue weighted by Gasteiger charge is 2.32. The van der Waals surface area contributed by atoms with E-state index < -0.39 is 0 Å². The van der Waals surface area contributed by atoms with Crippen LogP contribution in [0, 0.1) is 0 Å². The van der Waals surface area contributed by atoms with Gasteiger partial charge in [0.1, 0.15) is 17.7 Å². The maximum Gasteiger partial charge on any atom is 0.272 e. The average molecular weight is 356 g/mol. The van der Waals surface area contributed by atoms with Gasteiger partial charge < -0.3 is 19.9 Å². The summed E-state index contributed by atoms with van der Waals surface area (Å²) in [5.74, 6) is 1.38. The van der Waals surface area contributed by atoms with Gasteiger partial charge >= 0.3 is 0 Å². The predicted molar refractivity (Wildman–Crippen MR) is 95.7 cm³/mol. The third kappa shape index (κ3) is 3.55. The topological polar surface area (TPSA) is 94.0 Å². The molecule has 0 unspecified atom stereocenters. The summed E-state index contributed by atoms with van der Waals surface area (Å²) in [4.78, 5) is 16.6. The minimum atomic E-state index is -0.147. The molecule has 1 saturated carbocycles. The molecule has 0 aromatic carbocycles. The smallest absolute Gasteiger partial charge is 0.272 e. The van der Waals surface area contributed by atoms with Crippen LogP contribution in [0.5, 0.6) is 0 Å². The van der Waals surface area contributed by atoms with Crippen molar-refractivity contribution in [1.29, 1.82) is 0 Å². The molecule has 1 aliphatic carbocycles.